The first-order valence-corrected chi connectivity index (χ1v) is 20.2. The lowest BCUT2D eigenvalue weighted by Gasteiger charge is -2.50. The highest BCUT2D eigenvalue weighted by molar-refractivity contribution is 5.66. The number of methoxy groups -OCH3 is 2. The Morgan fingerprint density at radius 2 is 1.52 bits per heavy atom. The number of hydrogen-bond donors (Lipinski definition) is 4. The number of nitrogens with two attached hydrogens (primary N) is 2. The number of aliphatic hydroxyl groups excluding tert-OH is 2. The Morgan fingerprint density at radius 1 is 0.780 bits per heavy atom. The van der Waals surface area contributed by atoms with Crippen molar-refractivity contribution in [2.75, 3.05) is 20.8 Å². The van der Waals surface area contributed by atoms with Crippen LogP contribution in [0.2, 0.25) is 0 Å². The molecular formula is C40H71N2O8+. The summed E-state index contributed by atoms with van der Waals surface area (Å²) >= 11 is 0. The maximum Gasteiger partial charge on any atom is 0.302 e. The molecule has 4 saturated carbocycles. The lowest BCUT2D eigenvalue weighted by Crippen LogP contribution is -2.94. The molecule has 0 aromatic heterocycles. The molecule has 5 rings (SSSR count). The van der Waals surface area contributed by atoms with Crippen molar-refractivity contribution < 1.29 is 44.1 Å². The van der Waals surface area contributed by atoms with Gasteiger partial charge in [-0.2, -0.15) is 0 Å². The van der Waals surface area contributed by atoms with Crippen molar-refractivity contribution in [3.63, 3.8) is 0 Å². The summed E-state index contributed by atoms with van der Waals surface area (Å²) in [6.07, 6.45) is 10.4. The van der Waals surface area contributed by atoms with Crippen LogP contribution in [0.15, 0.2) is 0 Å². The second-order valence-corrected chi connectivity index (χ2v) is 17.6. The molecule has 0 aromatic carbocycles. The minimum absolute atomic E-state index is 0.0321. The van der Waals surface area contributed by atoms with Gasteiger partial charge >= 0.3 is 11.9 Å². The standard InChI is InChI=1S/C40H70N2O8/c1-22(2)32-14-25-7-9-30(47-5)19-35-34(25)15-28(32)13-29(16-36(35)45)38(50-24(4)44)20-31(49-23(3)43)10-8-26-17-39(48-6)37(46)21-33(26)27-11-12-42-40(41)18-27/h22,25-40,42,45-46H,7-21,41H2,1-6H3/p+1. The van der Waals surface area contributed by atoms with E-state index < -0.39 is 24.4 Å². The monoisotopic (exact) mass is 708 g/mol. The van der Waals surface area contributed by atoms with Crippen molar-refractivity contribution in [1.29, 1.82) is 0 Å². The van der Waals surface area contributed by atoms with Gasteiger partial charge in [0.2, 0.25) is 0 Å². The number of hydrogen-bond acceptors (Lipinski definition) is 9. The molecule has 4 aliphatic carbocycles. The SMILES string of the molecule is COC1CCC2CC(C(C)C)C3CC(C(CC(CCC4CC(OC)C(O)CC4C4CC[NH2+]C(N)C4)OC(C)=O)OC(C)=O)CC(O)C(C1)C2C3. The van der Waals surface area contributed by atoms with Crippen molar-refractivity contribution in [3.8, 4) is 0 Å². The Kier molecular flexibility index (Phi) is 14.5. The minimum atomic E-state index is -0.497. The highest BCUT2D eigenvalue weighted by Gasteiger charge is 2.49. The fourth-order valence-electron chi connectivity index (χ4n) is 11.9. The summed E-state index contributed by atoms with van der Waals surface area (Å²) in [5.74, 6) is 3.31. The predicted molar refractivity (Wildman–Crippen MR) is 190 cm³/mol. The average Bonchev–Trinajstić information content (AvgIpc) is 3.23. The molecule has 10 nitrogen and oxygen atoms in total. The van der Waals surface area contributed by atoms with Crippen molar-refractivity contribution >= 4 is 11.9 Å². The fraction of sp³-hybridized carbons (Fsp3) is 0.950. The van der Waals surface area contributed by atoms with Gasteiger partial charge in [-0.05, 0) is 136 Å². The molecule has 6 N–H and O–H groups in total. The van der Waals surface area contributed by atoms with E-state index in [-0.39, 0.29) is 42.1 Å². The quantitative estimate of drug-likeness (QED) is 0.219. The van der Waals surface area contributed by atoms with Crippen LogP contribution >= 0.6 is 0 Å². The van der Waals surface area contributed by atoms with Crippen LogP contribution in [0, 0.1) is 59.2 Å². The van der Waals surface area contributed by atoms with Gasteiger partial charge < -0.3 is 34.5 Å². The first-order chi connectivity index (χ1) is 23.9. The first-order valence-electron chi connectivity index (χ1n) is 20.2. The number of piperidine rings is 1. The topological polar surface area (TPSA) is 154 Å². The van der Waals surface area contributed by atoms with Gasteiger partial charge in [-0.3, -0.25) is 15.3 Å². The second kappa shape index (κ2) is 18.2. The van der Waals surface area contributed by atoms with Gasteiger partial charge in [0, 0.05) is 40.9 Å². The van der Waals surface area contributed by atoms with E-state index in [2.05, 4.69) is 19.2 Å². The van der Waals surface area contributed by atoms with Crippen LogP contribution in [0.5, 0.6) is 0 Å². The molecule has 1 heterocycles. The number of carbonyl (C=O) groups excluding carboxylic acids is 2. The van der Waals surface area contributed by atoms with Gasteiger partial charge in [0.05, 0.1) is 31.0 Å². The zero-order valence-electron chi connectivity index (χ0n) is 31.9. The molecule has 1 saturated heterocycles. The van der Waals surface area contributed by atoms with Crippen LogP contribution in [-0.4, -0.2) is 85.7 Å². The third-order valence-corrected chi connectivity index (χ3v) is 14.2. The smallest absolute Gasteiger partial charge is 0.302 e. The van der Waals surface area contributed by atoms with E-state index >= 15 is 0 Å². The number of carbonyl (C=O) groups is 2. The second-order valence-electron chi connectivity index (χ2n) is 17.6. The molecule has 1 aliphatic heterocycles. The van der Waals surface area contributed by atoms with Crippen LogP contribution in [0.3, 0.4) is 0 Å². The maximum atomic E-state index is 12.7. The van der Waals surface area contributed by atoms with Gasteiger partial charge in [-0.25, -0.2) is 0 Å². The van der Waals surface area contributed by atoms with Gasteiger partial charge in [0.1, 0.15) is 18.4 Å². The van der Waals surface area contributed by atoms with Crippen LogP contribution in [0.1, 0.15) is 118 Å². The normalized spacial score (nSPS) is 42.0. The Balaban J connectivity index is 1.36. The van der Waals surface area contributed by atoms with E-state index in [0.29, 0.717) is 73.0 Å². The summed E-state index contributed by atoms with van der Waals surface area (Å²) in [5, 5.41) is 25.2. The number of ether oxygens (including phenoxy) is 4. The molecule has 16 atom stereocenters. The molecule has 10 heteroatoms. The van der Waals surface area contributed by atoms with Crippen LogP contribution in [0.25, 0.3) is 0 Å². The van der Waals surface area contributed by atoms with E-state index in [1.807, 2.05) is 0 Å². The van der Waals surface area contributed by atoms with Gasteiger partial charge in [-0.1, -0.05) is 13.8 Å². The third kappa shape index (κ3) is 10.0. The maximum absolute atomic E-state index is 12.7. The van der Waals surface area contributed by atoms with Crippen LogP contribution < -0.4 is 11.1 Å². The molecule has 0 radical (unpaired) electrons. The molecule has 16 unspecified atom stereocenters. The van der Waals surface area contributed by atoms with Crippen molar-refractivity contribution in [3.05, 3.63) is 0 Å². The average molecular weight is 708 g/mol. The molecular weight excluding hydrogens is 636 g/mol. The zero-order chi connectivity index (χ0) is 36.1. The fourth-order valence-corrected chi connectivity index (χ4v) is 11.9. The highest BCUT2D eigenvalue weighted by Crippen LogP contribution is 2.54. The number of aliphatic hydroxyl groups is 2. The molecule has 288 valence electrons. The molecule has 5 aliphatic rings. The number of fused-ring (bicyclic) bond motifs is 1. The van der Waals surface area contributed by atoms with E-state index in [1.165, 1.54) is 26.7 Å². The van der Waals surface area contributed by atoms with Crippen LogP contribution in [-0.2, 0) is 28.5 Å². The Hall–Kier alpha value is -1.30. The van der Waals surface area contributed by atoms with E-state index in [0.717, 1.165) is 57.9 Å². The molecule has 0 spiro atoms. The van der Waals surface area contributed by atoms with Gasteiger partial charge in [-0.15, -0.1) is 0 Å². The van der Waals surface area contributed by atoms with Crippen molar-refractivity contribution in [2.45, 2.75) is 160 Å². The summed E-state index contributed by atoms with van der Waals surface area (Å²) in [5.41, 5.74) is 6.38. The van der Waals surface area contributed by atoms with Crippen molar-refractivity contribution in [1.82, 2.24) is 0 Å². The molecule has 2 bridgehead atoms. The summed E-state index contributed by atoms with van der Waals surface area (Å²) < 4.78 is 23.9. The largest absolute Gasteiger partial charge is 0.462 e. The Morgan fingerprint density at radius 3 is 2.18 bits per heavy atom. The lowest BCUT2D eigenvalue weighted by atomic mass is 9.56. The highest BCUT2D eigenvalue weighted by atomic mass is 16.6. The predicted octanol–water partition coefficient (Wildman–Crippen LogP) is 4.18. The minimum Gasteiger partial charge on any atom is -0.462 e. The zero-order valence-corrected chi connectivity index (χ0v) is 31.9. The van der Waals surface area contributed by atoms with Crippen LogP contribution in [0.4, 0.5) is 0 Å². The van der Waals surface area contributed by atoms with E-state index in [9.17, 15) is 19.8 Å². The number of quaternary nitrogens is 1. The summed E-state index contributed by atoms with van der Waals surface area (Å²) in [6.45, 7) is 8.63. The Labute approximate surface area is 301 Å². The van der Waals surface area contributed by atoms with Crippen molar-refractivity contribution in [2.24, 2.45) is 64.9 Å². The summed E-state index contributed by atoms with van der Waals surface area (Å²) in [6, 6.07) is 0. The van der Waals surface area contributed by atoms with E-state index in [4.69, 9.17) is 24.7 Å². The number of esters is 2. The molecule has 50 heavy (non-hydrogen) atoms. The molecule has 0 amide bonds. The number of rotatable bonds is 12. The summed E-state index contributed by atoms with van der Waals surface area (Å²) in [7, 11) is 3.48. The molecule has 5 fully saturated rings. The first kappa shape index (κ1) is 39.9. The lowest BCUT2D eigenvalue weighted by molar-refractivity contribution is -0.699. The third-order valence-electron chi connectivity index (χ3n) is 14.2. The molecule has 0 aromatic rings. The Bertz CT molecular complexity index is 1090. The van der Waals surface area contributed by atoms with E-state index in [1.54, 1.807) is 14.2 Å². The summed E-state index contributed by atoms with van der Waals surface area (Å²) in [4.78, 5) is 25.3. The van der Waals surface area contributed by atoms with Gasteiger partial charge in [0.25, 0.3) is 0 Å². The van der Waals surface area contributed by atoms with Gasteiger partial charge in [0.15, 0.2) is 0 Å².